The number of amides is 1. The molecule has 0 aromatic carbocycles. The molecule has 3 nitrogen and oxygen atoms in total. The van der Waals surface area contributed by atoms with E-state index in [9.17, 15) is 9.18 Å². The Kier molecular flexibility index (Phi) is 2.95. The summed E-state index contributed by atoms with van der Waals surface area (Å²) in [5, 5.41) is 2.62. The molecule has 0 aliphatic carbocycles. The summed E-state index contributed by atoms with van der Waals surface area (Å²) in [4.78, 5) is 14.4. The van der Waals surface area contributed by atoms with Gasteiger partial charge in [0.25, 0.3) is 0 Å². The fourth-order valence-corrected chi connectivity index (χ4v) is 0.891. The molecule has 0 radical (unpaired) electrons. The monoisotopic (exact) mass is 182 g/mol. The Hall–Kier alpha value is -1.45. The molecule has 0 fully saturated rings. The summed E-state index contributed by atoms with van der Waals surface area (Å²) in [6, 6.07) is 1.28. The van der Waals surface area contributed by atoms with Crippen LogP contribution in [0.3, 0.4) is 0 Å². The largest absolute Gasteiger partial charge is 0.325 e. The summed E-state index contributed by atoms with van der Waals surface area (Å²) in [5.74, 6) is -0.636. The topological polar surface area (TPSA) is 42.0 Å². The maximum atomic E-state index is 12.5. The van der Waals surface area contributed by atoms with E-state index in [2.05, 4.69) is 10.3 Å². The molecule has 0 aliphatic heterocycles. The fraction of sp³-hybridized carbons (Fsp3) is 0.333. The molecule has 0 unspecified atom stereocenters. The quantitative estimate of drug-likeness (QED) is 0.709. The van der Waals surface area contributed by atoms with E-state index >= 15 is 0 Å². The molecule has 0 atom stereocenters. The van der Waals surface area contributed by atoms with Crippen LogP contribution in [0.25, 0.3) is 0 Å². The number of pyridine rings is 1. The van der Waals surface area contributed by atoms with E-state index in [1.165, 1.54) is 12.3 Å². The van der Waals surface area contributed by atoms with Crippen molar-refractivity contribution in [2.24, 2.45) is 0 Å². The predicted molar refractivity (Wildman–Crippen MR) is 47.9 cm³/mol. The number of rotatable bonds is 2. The average molecular weight is 182 g/mol. The molecule has 70 valence electrons. The minimum Gasteiger partial charge on any atom is -0.325 e. The third-order valence-electron chi connectivity index (χ3n) is 1.67. The molecule has 1 N–H and O–H groups in total. The average Bonchev–Trinajstić information content (AvgIpc) is 2.09. The van der Waals surface area contributed by atoms with E-state index in [1.54, 1.807) is 13.8 Å². The van der Waals surface area contributed by atoms with Gasteiger partial charge in [-0.1, -0.05) is 6.92 Å². The van der Waals surface area contributed by atoms with Gasteiger partial charge in [0.15, 0.2) is 0 Å². The Morgan fingerprint density at radius 3 is 2.92 bits per heavy atom. The zero-order valence-electron chi connectivity index (χ0n) is 7.60. The third-order valence-corrected chi connectivity index (χ3v) is 1.67. The molecule has 1 heterocycles. The first-order chi connectivity index (χ1) is 6.13. The second-order valence-electron chi connectivity index (χ2n) is 2.72. The Bertz CT molecular complexity index is 325. The highest BCUT2D eigenvalue weighted by Gasteiger charge is 2.03. The van der Waals surface area contributed by atoms with Gasteiger partial charge in [-0.25, -0.2) is 4.98 Å². The number of hydrogen-bond donors (Lipinski definition) is 1. The first-order valence-electron chi connectivity index (χ1n) is 4.05. The molecule has 0 saturated carbocycles. The van der Waals surface area contributed by atoms with Gasteiger partial charge in [0, 0.05) is 6.42 Å². The Morgan fingerprint density at radius 2 is 2.38 bits per heavy atom. The lowest BCUT2D eigenvalue weighted by atomic mass is 10.2. The van der Waals surface area contributed by atoms with Gasteiger partial charge in [-0.05, 0) is 18.6 Å². The van der Waals surface area contributed by atoms with Crippen LogP contribution in [0.4, 0.5) is 10.1 Å². The maximum Gasteiger partial charge on any atom is 0.224 e. The van der Waals surface area contributed by atoms with E-state index in [0.29, 0.717) is 17.7 Å². The molecule has 1 rings (SSSR count). The van der Waals surface area contributed by atoms with Gasteiger partial charge < -0.3 is 5.32 Å². The Morgan fingerprint density at radius 1 is 1.69 bits per heavy atom. The van der Waals surface area contributed by atoms with Gasteiger partial charge in [-0.15, -0.1) is 0 Å². The van der Waals surface area contributed by atoms with Gasteiger partial charge >= 0.3 is 0 Å². The van der Waals surface area contributed by atoms with Crippen molar-refractivity contribution in [2.45, 2.75) is 20.3 Å². The zero-order chi connectivity index (χ0) is 9.84. The minimum atomic E-state index is -0.535. The van der Waals surface area contributed by atoms with E-state index in [1.807, 2.05) is 0 Å². The van der Waals surface area contributed by atoms with E-state index in [-0.39, 0.29) is 5.91 Å². The van der Waals surface area contributed by atoms with Crippen LogP contribution >= 0.6 is 0 Å². The van der Waals surface area contributed by atoms with Crippen LogP contribution in [0.15, 0.2) is 12.3 Å². The van der Waals surface area contributed by atoms with Gasteiger partial charge in [-0.3, -0.25) is 4.79 Å². The third kappa shape index (κ3) is 2.50. The molecule has 0 saturated heterocycles. The normalized spacial score (nSPS) is 9.77. The van der Waals surface area contributed by atoms with Crippen LogP contribution in [0.1, 0.15) is 18.9 Å². The van der Waals surface area contributed by atoms with Crippen molar-refractivity contribution in [2.75, 3.05) is 5.32 Å². The van der Waals surface area contributed by atoms with Crippen LogP contribution in [0.5, 0.6) is 0 Å². The lowest BCUT2D eigenvalue weighted by molar-refractivity contribution is -0.115. The summed E-state index contributed by atoms with van der Waals surface area (Å²) < 4.78 is 12.5. The standard InChI is InChI=1S/C9H11FN2O/c1-3-9(13)12-7-5-11-8(10)4-6(7)2/h4-5H,3H2,1-2H3,(H,12,13). The Labute approximate surface area is 76.0 Å². The summed E-state index contributed by atoms with van der Waals surface area (Å²) in [6.07, 6.45) is 1.72. The van der Waals surface area contributed by atoms with E-state index in [4.69, 9.17) is 0 Å². The highest BCUT2D eigenvalue weighted by Crippen LogP contribution is 2.13. The molecule has 4 heteroatoms. The SMILES string of the molecule is CCC(=O)Nc1cnc(F)cc1C. The molecule has 1 aromatic heterocycles. The molecule has 1 aromatic rings. The smallest absolute Gasteiger partial charge is 0.224 e. The van der Waals surface area contributed by atoms with Crippen molar-refractivity contribution in [1.29, 1.82) is 0 Å². The van der Waals surface area contributed by atoms with Crippen LogP contribution in [0.2, 0.25) is 0 Å². The summed E-state index contributed by atoms with van der Waals surface area (Å²) in [5.41, 5.74) is 1.24. The molecule has 13 heavy (non-hydrogen) atoms. The second-order valence-corrected chi connectivity index (χ2v) is 2.72. The number of hydrogen-bond acceptors (Lipinski definition) is 2. The van der Waals surface area contributed by atoms with Gasteiger partial charge in [0.2, 0.25) is 11.9 Å². The zero-order valence-corrected chi connectivity index (χ0v) is 7.60. The van der Waals surface area contributed by atoms with Crippen molar-refractivity contribution in [3.63, 3.8) is 0 Å². The minimum absolute atomic E-state index is 0.100. The predicted octanol–water partition coefficient (Wildman–Crippen LogP) is 1.88. The molecule has 0 bridgehead atoms. The molecule has 0 aliphatic rings. The molecule has 1 amide bonds. The Balaban J connectivity index is 2.83. The number of aromatic nitrogens is 1. The van der Waals surface area contributed by atoms with Crippen LogP contribution in [-0.2, 0) is 4.79 Å². The number of aryl methyl sites for hydroxylation is 1. The first kappa shape index (κ1) is 9.64. The number of nitrogens with one attached hydrogen (secondary N) is 1. The van der Waals surface area contributed by atoms with E-state index in [0.717, 1.165) is 0 Å². The van der Waals surface area contributed by atoms with Crippen molar-refractivity contribution < 1.29 is 9.18 Å². The van der Waals surface area contributed by atoms with Crippen LogP contribution in [0, 0.1) is 12.9 Å². The second kappa shape index (κ2) is 3.98. The summed E-state index contributed by atoms with van der Waals surface area (Å²) >= 11 is 0. The first-order valence-corrected chi connectivity index (χ1v) is 4.05. The van der Waals surface area contributed by atoms with Crippen LogP contribution < -0.4 is 5.32 Å². The van der Waals surface area contributed by atoms with Crippen LogP contribution in [-0.4, -0.2) is 10.9 Å². The maximum absolute atomic E-state index is 12.5. The molecular weight excluding hydrogens is 171 g/mol. The summed E-state index contributed by atoms with van der Waals surface area (Å²) in [6.45, 7) is 3.47. The lowest BCUT2D eigenvalue weighted by Gasteiger charge is -2.05. The van der Waals surface area contributed by atoms with Gasteiger partial charge in [0.1, 0.15) is 0 Å². The lowest BCUT2D eigenvalue weighted by Crippen LogP contribution is -2.10. The molecular formula is C9H11FN2O. The number of anilines is 1. The highest BCUT2D eigenvalue weighted by molar-refractivity contribution is 5.90. The van der Waals surface area contributed by atoms with Crippen molar-refractivity contribution in [1.82, 2.24) is 4.98 Å². The number of carbonyl (C=O) groups is 1. The van der Waals surface area contributed by atoms with Gasteiger partial charge in [0.05, 0.1) is 11.9 Å². The van der Waals surface area contributed by atoms with Crippen molar-refractivity contribution in [3.8, 4) is 0 Å². The van der Waals surface area contributed by atoms with Crippen molar-refractivity contribution >= 4 is 11.6 Å². The number of nitrogens with zero attached hydrogens (tertiary/aromatic N) is 1. The summed E-state index contributed by atoms with van der Waals surface area (Å²) in [7, 11) is 0. The van der Waals surface area contributed by atoms with E-state index < -0.39 is 5.95 Å². The van der Waals surface area contributed by atoms with Crippen molar-refractivity contribution in [3.05, 3.63) is 23.8 Å². The highest BCUT2D eigenvalue weighted by atomic mass is 19.1. The fourth-order valence-electron chi connectivity index (χ4n) is 0.891. The number of carbonyl (C=O) groups excluding carboxylic acids is 1. The molecule has 0 spiro atoms. The van der Waals surface area contributed by atoms with Gasteiger partial charge in [-0.2, -0.15) is 4.39 Å². The number of halogens is 1.